The zero-order valence-corrected chi connectivity index (χ0v) is 18.5. The number of hydrogen-bond acceptors (Lipinski definition) is 2. The Bertz CT molecular complexity index is 848. The minimum absolute atomic E-state index is 0. The standard InChI is InChI=1S/C21H27FN4O.HI/c1-23-20(24-12-3-5-14-26-13-4-2-9-19(26)27)25-16-21(10-11-21)17-7-6-8-18(22)15-17;/h2,4,6-9,13,15H,3,5,10-12,14,16H2,1H3,(H2,23,24,25);1H. The van der Waals surface area contributed by atoms with Gasteiger partial charge < -0.3 is 15.2 Å². The lowest BCUT2D eigenvalue weighted by atomic mass is 9.96. The van der Waals surface area contributed by atoms with Gasteiger partial charge in [-0.05, 0) is 49.4 Å². The molecule has 0 radical (unpaired) electrons. The van der Waals surface area contributed by atoms with Crippen LogP contribution in [0.2, 0.25) is 0 Å². The van der Waals surface area contributed by atoms with Gasteiger partial charge in [-0.15, -0.1) is 24.0 Å². The van der Waals surface area contributed by atoms with E-state index in [2.05, 4.69) is 15.6 Å². The predicted molar refractivity (Wildman–Crippen MR) is 122 cm³/mol. The molecule has 1 fully saturated rings. The molecule has 3 rings (SSSR count). The average molecular weight is 498 g/mol. The number of nitrogens with zero attached hydrogens (tertiary/aromatic N) is 2. The third-order valence-corrected chi connectivity index (χ3v) is 5.13. The number of aryl methyl sites for hydroxylation is 1. The maximum Gasteiger partial charge on any atom is 0.250 e. The molecule has 1 heterocycles. The van der Waals surface area contributed by atoms with Gasteiger partial charge in [0.2, 0.25) is 5.56 Å². The molecule has 28 heavy (non-hydrogen) atoms. The number of aliphatic imine (C=N–C) groups is 1. The molecule has 152 valence electrons. The molecule has 0 amide bonds. The highest BCUT2D eigenvalue weighted by atomic mass is 127. The van der Waals surface area contributed by atoms with Crippen molar-refractivity contribution in [3.8, 4) is 0 Å². The molecule has 2 N–H and O–H groups in total. The second kappa shape index (κ2) is 10.6. The molecule has 0 unspecified atom stereocenters. The van der Waals surface area contributed by atoms with Crippen molar-refractivity contribution in [1.82, 2.24) is 15.2 Å². The minimum Gasteiger partial charge on any atom is -0.356 e. The van der Waals surface area contributed by atoms with Gasteiger partial charge in [-0.3, -0.25) is 9.79 Å². The largest absolute Gasteiger partial charge is 0.356 e. The van der Waals surface area contributed by atoms with Crippen molar-refractivity contribution in [2.75, 3.05) is 20.1 Å². The van der Waals surface area contributed by atoms with Gasteiger partial charge in [-0.1, -0.05) is 18.2 Å². The van der Waals surface area contributed by atoms with E-state index in [9.17, 15) is 9.18 Å². The lowest BCUT2D eigenvalue weighted by Gasteiger charge is -2.19. The summed E-state index contributed by atoms with van der Waals surface area (Å²) in [6, 6.07) is 12.1. The van der Waals surface area contributed by atoms with Gasteiger partial charge in [0, 0.05) is 44.4 Å². The molecule has 7 heteroatoms. The first-order valence-electron chi connectivity index (χ1n) is 9.49. The van der Waals surface area contributed by atoms with Crippen molar-refractivity contribution in [2.24, 2.45) is 4.99 Å². The molecule has 1 aromatic heterocycles. The van der Waals surface area contributed by atoms with Crippen LogP contribution in [0.3, 0.4) is 0 Å². The Hall–Kier alpha value is -1.90. The fourth-order valence-corrected chi connectivity index (χ4v) is 3.27. The summed E-state index contributed by atoms with van der Waals surface area (Å²) in [7, 11) is 1.75. The van der Waals surface area contributed by atoms with Gasteiger partial charge in [-0.2, -0.15) is 0 Å². The number of aromatic nitrogens is 1. The van der Waals surface area contributed by atoms with Crippen LogP contribution in [0, 0.1) is 5.82 Å². The fourth-order valence-electron chi connectivity index (χ4n) is 3.27. The van der Waals surface area contributed by atoms with Crippen molar-refractivity contribution in [1.29, 1.82) is 0 Å². The highest BCUT2D eigenvalue weighted by molar-refractivity contribution is 14.0. The zero-order chi connectivity index (χ0) is 19.1. The summed E-state index contributed by atoms with van der Waals surface area (Å²) >= 11 is 0. The van der Waals surface area contributed by atoms with E-state index < -0.39 is 0 Å². The highest BCUT2D eigenvalue weighted by Crippen LogP contribution is 2.47. The van der Waals surface area contributed by atoms with Gasteiger partial charge in [0.05, 0.1) is 0 Å². The summed E-state index contributed by atoms with van der Waals surface area (Å²) in [6.45, 7) is 2.25. The zero-order valence-electron chi connectivity index (χ0n) is 16.2. The molecule has 1 aromatic carbocycles. The number of hydrogen-bond donors (Lipinski definition) is 2. The molecule has 1 aliphatic rings. The molecule has 5 nitrogen and oxygen atoms in total. The summed E-state index contributed by atoms with van der Waals surface area (Å²) in [6.07, 6.45) is 5.80. The Labute approximate surface area is 182 Å². The van der Waals surface area contributed by atoms with Crippen LogP contribution in [0.15, 0.2) is 58.4 Å². The maximum atomic E-state index is 13.5. The van der Waals surface area contributed by atoms with Gasteiger partial charge in [0.15, 0.2) is 5.96 Å². The number of unbranched alkanes of at least 4 members (excludes halogenated alkanes) is 1. The molecule has 1 saturated carbocycles. The van der Waals surface area contributed by atoms with E-state index in [1.165, 1.54) is 6.07 Å². The smallest absolute Gasteiger partial charge is 0.250 e. The minimum atomic E-state index is -0.182. The Morgan fingerprint density at radius 3 is 2.68 bits per heavy atom. The predicted octanol–water partition coefficient (Wildman–Crippen LogP) is 3.28. The van der Waals surface area contributed by atoms with E-state index in [0.29, 0.717) is 0 Å². The summed E-state index contributed by atoms with van der Waals surface area (Å²) in [4.78, 5) is 15.9. The number of pyridine rings is 1. The maximum absolute atomic E-state index is 13.5. The summed E-state index contributed by atoms with van der Waals surface area (Å²) in [5.74, 6) is 0.577. The van der Waals surface area contributed by atoms with Crippen LogP contribution in [0.25, 0.3) is 0 Å². The number of halogens is 2. The van der Waals surface area contributed by atoms with Crippen LogP contribution >= 0.6 is 24.0 Å². The first-order chi connectivity index (χ1) is 13.1. The SMILES string of the molecule is CN=C(NCCCCn1ccccc1=O)NCC1(c2cccc(F)c2)CC1.I. The quantitative estimate of drug-likeness (QED) is 0.254. The molecule has 0 bridgehead atoms. The number of rotatable bonds is 8. The molecule has 0 aliphatic heterocycles. The number of guanidine groups is 1. The molecule has 2 aromatic rings. The number of benzene rings is 1. The van der Waals surface area contributed by atoms with Crippen molar-refractivity contribution in [2.45, 2.75) is 37.6 Å². The Kier molecular flexibility index (Phi) is 8.47. The van der Waals surface area contributed by atoms with Crippen molar-refractivity contribution < 1.29 is 4.39 Å². The molecular formula is C21H28FIN4O. The summed E-state index contributed by atoms with van der Waals surface area (Å²) < 4.78 is 15.2. The van der Waals surface area contributed by atoms with Crippen LogP contribution in [-0.2, 0) is 12.0 Å². The van der Waals surface area contributed by atoms with Crippen LogP contribution in [-0.4, -0.2) is 30.7 Å². The molecule has 0 spiro atoms. The highest BCUT2D eigenvalue weighted by Gasteiger charge is 2.44. The summed E-state index contributed by atoms with van der Waals surface area (Å²) in [5, 5.41) is 6.68. The van der Waals surface area contributed by atoms with E-state index in [1.807, 2.05) is 18.3 Å². The first kappa shape index (κ1) is 22.4. The lowest BCUT2D eigenvalue weighted by Crippen LogP contribution is -2.41. The molecule has 0 atom stereocenters. The van der Waals surface area contributed by atoms with Crippen molar-refractivity contribution >= 4 is 29.9 Å². The average Bonchev–Trinajstić information content (AvgIpc) is 3.46. The van der Waals surface area contributed by atoms with Crippen LogP contribution in [0.1, 0.15) is 31.2 Å². The van der Waals surface area contributed by atoms with E-state index in [0.717, 1.165) is 56.8 Å². The van der Waals surface area contributed by atoms with E-state index >= 15 is 0 Å². The lowest BCUT2D eigenvalue weighted by molar-refractivity contribution is 0.581. The Morgan fingerprint density at radius 2 is 2.00 bits per heavy atom. The fraction of sp³-hybridized carbons (Fsp3) is 0.429. The van der Waals surface area contributed by atoms with E-state index in [1.54, 1.807) is 35.9 Å². The monoisotopic (exact) mass is 498 g/mol. The summed E-state index contributed by atoms with van der Waals surface area (Å²) in [5.41, 5.74) is 1.11. The van der Waals surface area contributed by atoms with E-state index in [-0.39, 0.29) is 40.8 Å². The van der Waals surface area contributed by atoms with Crippen LogP contribution < -0.4 is 16.2 Å². The molecular weight excluding hydrogens is 470 g/mol. The normalized spacial score (nSPS) is 14.9. The van der Waals surface area contributed by atoms with Crippen LogP contribution in [0.5, 0.6) is 0 Å². The second-order valence-electron chi connectivity index (χ2n) is 7.08. The van der Waals surface area contributed by atoms with Gasteiger partial charge >= 0.3 is 0 Å². The van der Waals surface area contributed by atoms with Gasteiger partial charge in [0.1, 0.15) is 5.82 Å². The van der Waals surface area contributed by atoms with Gasteiger partial charge in [-0.25, -0.2) is 4.39 Å². The third-order valence-electron chi connectivity index (χ3n) is 5.13. The van der Waals surface area contributed by atoms with E-state index in [4.69, 9.17) is 0 Å². The topological polar surface area (TPSA) is 58.4 Å². The Balaban J connectivity index is 0.00000280. The Morgan fingerprint density at radius 1 is 1.18 bits per heavy atom. The first-order valence-corrected chi connectivity index (χ1v) is 9.49. The number of nitrogens with one attached hydrogen (secondary N) is 2. The van der Waals surface area contributed by atoms with Gasteiger partial charge in [0.25, 0.3) is 0 Å². The third kappa shape index (κ3) is 6.05. The molecule has 1 aliphatic carbocycles. The van der Waals surface area contributed by atoms with Crippen molar-refractivity contribution in [3.63, 3.8) is 0 Å². The molecule has 0 saturated heterocycles. The second-order valence-corrected chi connectivity index (χ2v) is 7.08. The van der Waals surface area contributed by atoms with Crippen molar-refractivity contribution in [3.05, 3.63) is 70.4 Å². The van der Waals surface area contributed by atoms with Crippen LogP contribution in [0.4, 0.5) is 4.39 Å².